The van der Waals surface area contributed by atoms with Crippen LogP contribution in [0.4, 0.5) is 5.69 Å². The molecule has 0 spiro atoms. The standard InChI is InChI=1S/C21H20N4O6/c1-22-21(28)18-7-3-13(11-25(18)29)20(27)24-17-9-15(6-8-19(17)26)31-12-14-4-5-16(30-2)10-23-14/h3-11,22,28-29H,12H2,1-2H3/p+1. The number of aromatic hydroxyl groups is 1. The molecule has 31 heavy (non-hydrogen) atoms. The van der Waals surface area contributed by atoms with Gasteiger partial charge in [-0.25, -0.2) is 0 Å². The lowest BCUT2D eigenvalue weighted by molar-refractivity contribution is -0.905. The molecule has 2 aromatic heterocycles. The van der Waals surface area contributed by atoms with Crippen LogP contribution in [0, 0.1) is 0 Å². The molecule has 1 aromatic carbocycles. The average molecular weight is 425 g/mol. The first-order valence-corrected chi connectivity index (χ1v) is 9.14. The fourth-order valence-electron chi connectivity index (χ4n) is 2.61. The number of benzene rings is 1. The number of rotatable bonds is 7. The van der Waals surface area contributed by atoms with Crippen LogP contribution in [0.3, 0.4) is 0 Å². The van der Waals surface area contributed by atoms with Crippen molar-refractivity contribution in [2.45, 2.75) is 6.61 Å². The van der Waals surface area contributed by atoms with Crippen molar-refractivity contribution < 1.29 is 34.1 Å². The van der Waals surface area contributed by atoms with Crippen LogP contribution in [-0.2, 0) is 6.61 Å². The fraction of sp³-hybridized carbons (Fsp3) is 0.143. The zero-order valence-corrected chi connectivity index (χ0v) is 16.8. The van der Waals surface area contributed by atoms with Gasteiger partial charge in [-0.2, -0.15) is 0 Å². The van der Waals surface area contributed by atoms with Gasteiger partial charge in [-0.05, 0) is 30.3 Å². The van der Waals surface area contributed by atoms with Crippen LogP contribution in [0.1, 0.15) is 26.5 Å². The zero-order chi connectivity index (χ0) is 22.4. The molecular weight excluding hydrogens is 404 g/mol. The van der Waals surface area contributed by atoms with E-state index in [0.717, 1.165) is 6.20 Å². The highest BCUT2D eigenvalue weighted by molar-refractivity contribution is 6.05. The Bertz CT molecular complexity index is 1100. The van der Waals surface area contributed by atoms with E-state index in [1.807, 2.05) is 0 Å². The third kappa shape index (κ3) is 5.18. The number of hydrogen-bond donors (Lipinski definition) is 4. The van der Waals surface area contributed by atoms with Crippen molar-refractivity contribution in [1.82, 2.24) is 10.3 Å². The summed E-state index contributed by atoms with van der Waals surface area (Å²) in [5.74, 6) is -0.246. The predicted octanol–water partition coefficient (Wildman–Crippen LogP) is 1.51. The van der Waals surface area contributed by atoms with Gasteiger partial charge in [-0.15, -0.1) is 0 Å². The monoisotopic (exact) mass is 425 g/mol. The highest BCUT2D eigenvalue weighted by Crippen LogP contribution is 2.29. The molecule has 3 aromatic rings. The summed E-state index contributed by atoms with van der Waals surface area (Å²) in [6.45, 7) is 0.174. The molecule has 10 heteroatoms. The number of anilines is 1. The zero-order valence-electron chi connectivity index (χ0n) is 16.8. The van der Waals surface area contributed by atoms with Crippen LogP contribution in [-0.4, -0.2) is 41.3 Å². The van der Waals surface area contributed by atoms with E-state index in [2.05, 4.69) is 15.6 Å². The van der Waals surface area contributed by atoms with E-state index in [4.69, 9.17) is 9.47 Å². The molecule has 0 aliphatic rings. The van der Waals surface area contributed by atoms with Crippen molar-refractivity contribution in [3.8, 4) is 17.2 Å². The summed E-state index contributed by atoms with van der Waals surface area (Å²) in [7, 11) is 2.97. The summed E-state index contributed by atoms with van der Waals surface area (Å²) in [5.41, 5.74) is 0.820. The van der Waals surface area contributed by atoms with E-state index in [0.29, 0.717) is 21.9 Å². The van der Waals surface area contributed by atoms with Gasteiger partial charge in [0, 0.05) is 23.9 Å². The SMILES string of the molecule is CNC(=O)c1ccc(C(=O)Nc2cc(OCc3ccc(OC)cn3)ccc2O)c[n+]1O. The molecule has 3 rings (SSSR count). The molecule has 0 radical (unpaired) electrons. The maximum absolute atomic E-state index is 12.5. The van der Waals surface area contributed by atoms with Gasteiger partial charge in [-0.3, -0.25) is 19.8 Å². The van der Waals surface area contributed by atoms with E-state index < -0.39 is 11.8 Å². The van der Waals surface area contributed by atoms with Gasteiger partial charge in [0.1, 0.15) is 29.4 Å². The molecule has 0 saturated heterocycles. The number of aromatic nitrogens is 2. The van der Waals surface area contributed by atoms with Gasteiger partial charge in [0.15, 0.2) is 0 Å². The molecule has 2 amide bonds. The minimum atomic E-state index is -0.601. The summed E-state index contributed by atoms with van der Waals surface area (Å²) in [5, 5.41) is 24.9. The molecule has 160 valence electrons. The minimum absolute atomic E-state index is 0.0376. The molecule has 10 nitrogen and oxygen atoms in total. The van der Waals surface area contributed by atoms with Crippen LogP contribution >= 0.6 is 0 Å². The Balaban J connectivity index is 1.70. The topological polar surface area (TPSA) is 134 Å². The second-order valence-corrected chi connectivity index (χ2v) is 6.34. The van der Waals surface area contributed by atoms with E-state index >= 15 is 0 Å². The number of phenolic OH excluding ortho intramolecular Hbond substituents is 1. The summed E-state index contributed by atoms with van der Waals surface area (Å²) in [4.78, 5) is 28.3. The number of amides is 2. The van der Waals surface area contributed by atoms with E-state index in [1.54, 1.807) is 31.5 Å². The summed E-state index contributed by atoms with van der Waals surface area (Å²) >= 11 is 0. The lowest BCUT2D eigenvalue weighted by atomic mass is 10.2. The second-order valence-electron chi connectivity index (χ2n) is 6.34. The summed E-state index contributed by atoms with van der Waals surface area (Å²) < 4.78 is 11.3. The van der Waals surface area contributed by atoms with Gasteiger partial charge in [0.2, 0.25) is 6.20 Å². The maximum atomic E-state index is 12.5. The molecule has 0 unspecified atom stereocenters. The molecule has 0 aliphatic heterocycles. The lowest BCUT2D eigenvalue weighted by Gasteiger charge is -2.11. The highest BCUT2D eigenvalue weighted by Gasteiger charge is 2.21. The summed E-state index contributed by atoms with van der Waals surface area (Å²) in [6, 6.07) is 10.6. The predicted molar refractivity (Wildman–Crippen MR) is 108 cm³/mol. The Morgan fingerprint density at radius 2 is 1.87 bits per heavy atom. The van der Waals surface area contributed by atoms with Crippen LogP contribution in [0.2, 0.25) is 0 Å². The van der Waals surface area contributed by atoms with Crippen molar-refractivity contribution in [3.05, 3.63) is 71.8 Å². The third-order valence-electron chi connectivity index (χ3n) is 4.29. The van der Waals surface area contributed by atoms with E-state index in [-0.39, 0.29) is 29.3 Å². The van der Waals surface area contributed by atoms with Crippen LogP contribution in [0.15, 0.2) is 54.9 Å². The van der Waals surface area contributed by atoms with Crippen LogP contribution in [0.25, 0.3) is 0 Å². The van der Waals surface area contributed by atoms with Crippen molar-refractivity contribution in [1.29, 1.82) is 0 Å². The lowest BCUT2D eigenvalue weighted by Crippen LogP contribution is -2.41. The molecule has 0 atom stereocenters. The quantitative estimate of drug-likeness (QED) is 0.256. The van der Waals surface area contributed by atoms with E-state index in [1.165, 1.54) is 31.3 Å². The van der Waals surface area contributed by atoms with Crippen LogP contribution < -0.4 is 24.8 Å². The number of carbonyl (C=O) groups is 2. The molecule has 0 aliphatic carbocycles. The first-order chi connectivity index (χ1) is 14.9. The van der Waals surface area contributed by atoms with Gasteiger partial charge in [0.05, 0.1) is 24.7 Å². The number of carbonyl (C=O) groups excluding carboxylic acids is 2. The first-order valence-electron chi connectivity index (χ1n) is 9.14. The first kappa shape index (κ1) is 21.4. The summed E-state index contributed by atoms with van der Waals surface area (Å²) in [6.07, 6.45) is 2.66. The molecular formula is C21H21N4O6+. The van der Waals surface area contributed by atoms with Crippen molar-refractivity contribution in [3.63, 3.8) is 0 Å². The van der Waals surface area contributed by atoms with Crippen molar-refractivity contribution >= 4 is 17.5 Å². The number of nitrogens with one attached hydrogen (secondary N) is 2. The van der Waals surface area contributed by atoms with Gasteiger partial charge >= 0.3 is 11.6 Å². The number of ether oxygens (including phenoxy) is 2. The van der Waals surface area contributed by atoms with Crippen LogP contribution in [0.5, 0.6) is 17.2 Å². The third-order valence-corrected chi connectivity index (χ3v) is 4.29. The Hall–Kier alpha value is -4.34. The molecule has 2 heterocycles. The molecule has 0 saturated carbocycles. The molecule has 0 fully saturated rings. The van der Waals surface area contributed by atoms with Crippen molar-refractivity contribution in [2.24, 2.45) is 0 Å². The van der Waals surface area contributed by atoms with Gasteiger partial charge in [0.25, 0.3) is 5.91 Å². The fourth-order valence-corrected chi connectivity index (χ4v) is 2.61. The second kappa shape index (κ2) is 9.44. The number of phenols is 1. The normalized spacial score (nSPS) is 10.3. The number of methoxy groups -OCH3 is 1. The van der Waals surface area contributed by atoms with E-state index in [9.17, 15) is 19.9 Å². The Kier molecular flexibility index (Phi) is 6.51. The Labute approximate surface area is 177 Å². The minimum Gasteiger partial charge on any atom is -0.506 e. The number of pyridine rings is 2. The van der Waals surface area contributed by atoms with Gasteiger partial charge < -0.3 is 25.2 Å². The van der Waals surface area contributed by atoms with Crippen molar-refractivity contribution in [2.75, 3.05) is 19.5 Å². The number of hydrogen-bond acceptors (Lipinski definition) is 7. The highest BCUT2D eigenvalue weighted by atomic mass is 16.5. The van der Waals surface area contributed by atoms with Gasteiger partial charge in [-0.1, -0.05) is 0 Å². The Morgan fingerprint density at radius 1 is 1.10 bits per heavy atom. The smallest absolute Gasteiger partial charge is 0.321 e. The maximum Gasteiger partial charge on any atom is 0.321 e. The molecule has 0 bridgehead atoms. The Morgan fingerprint density at radius 3 is 2.52 bits per heavy atom. The molecule has 4 N–H and O–H groups in total. The average Bonchev–Trinajstić information content (AvgIpc) is 2.79. The largest absolute Gasteiger partial charge is 0.506 e. The number of nitrogens with zero attached hydrogens (tertiary/aromatic N) is 2.